The fourth-order valence-electron chi connectivity index (χ4n) is 2.01. The Morgan fingerprint density at radius 2 is 1.95 bits per heavy atom. The van der Waals surface area contributed by atoms with Crippen LogP contribution in [-0.2, 0) is 9.53 Å². The van der Waals surface area contributed by atoms with Gasteiger partial charge in [0, 0.05) is 0 Å². The predicted octanol–water partition coefficient (Wildman–Crippen LogP) is 4.33. The maximum atomic E-state index is 11.9. The molecule has 2 aromatic rings. The minimum absolute atomic E-state index is 0.175. The van der Waals surface area contributed by atoms with Crippen molar-refractivity contribution in [3.8, 4) is 0 Å². The quantitative estimate of drug-likeness (QED) is 0.606. The number of carbonyl (C=O) groups excluding carboxylic acids is 1. The SMILES string of the molecule is CC(/C=C1\N=C(c2ccc(Br)o2)OC1=O)=C\c1ccccc1. The van der Waals surface area contributed by atoms with Crippen LogP contribution < -0.4 is 0 Å². The number of allylic oxidation sites excluding steroid dienone is 2. The molecular weight excluding hydrogens is 346 g/mol. The van der Waals surface area contributed by atoms with Gasteiger partial charge in [-0.2, -0.15) is 0 Å². The molecule has 0 saturated carbocycles. The summed E-state index contributed by atoms with van der Waals surface area (Å²) in [6.07, 6.45) is 3.66. The van der Waals surface area contributed by atoms with E-state index in [1.54, 1.807) is 18.2 Å². The molecule has 1 aromatic heterocycles. The van der Waals surface area contributed by atoms with Gasteiger partial charge in [0.15, 0.2) is 16.1 Å². The van der Waals surface area contributed by atoms with Crippen LogP contribution in [0.3, 0.4) is 0 Å². The highest BCUT2D eigenvalue weighted by molar-refractivity contribution is 9.10. The molecular formula is C17H12BrNO3. The van der Waals surface area contributed by atoms with Crippen LogP contribution in [0.1, 0.15) is 18.2 Å². The second-order valence-electron chi connectivity index (χ2n) is 4.74. The molecule has 1 aromatic carbocycles. The summed E-state index contributed by atoms with van der Waals surface area (Å²) >= 11 is 3.20. The third-order valence-electron chi connectivity index (χ3n) is 2.96. The summed E-state index contributed by atoms with van der Waals surface area (Å²) in [6, 6.07) is 13.3. The molecule has 0 spiro atoms. The van der Waals surface area contributed by atoms with Gasteiger partial charge in [-0.1, -0.05) is 36.4 Å². The number of hydrogen-bond acceptors (Lipinski definition) is 4. The molecule has 1 aliphatic rings. The van der Waals surface area contributed by atoms with Crippen molar-refractivity contribution >= 4 is 33.9 Å². The Balaban J connectivity index is 1.86. The monoisotopic (exact) mass is 357 g/mol. The van der Waals surface area contributed by atoms with E-state index in [2.05, 4.69) is 20.9 Å². The average Bonchev–Trinajstić information content (AvgIpc) is 3.07. The molecule has 1 aliphatic heterocycles. The van der Waals surface area contributed by atoms with E-state index in [-0.39, 0.29) is 11.6 Å². The van der Waals surface area contributed by atoms with E-state index in [4.69, 9.17) is 9.15 Å². The number of benzene rings is 1. The molecule has 2 heterocycles. The summed E-state index contributed by atoms with van der Waals surface area (Å²) in [7, 11) is 0. The van der Waals surface area contributed by atoms with E-state index in [9.17, 15) is 4.79 Å². The fraction of sp³-hybridized carbons (Fsp3) is 0.0588. The van der Waals surface area contributed by atoms with Crippen LogP contribution >= 0.6 is 15.9 Å². The Hall–Kier alpha value is -2.40. The Kier molecular flexibility index (Phi) is 4.06. The van der Waals surface area contributed by atoms with E-state index < -0.39 is 5.97 Å². The Morgan fingerprint density at radius 3 is 2.64 bits per heavy atom. The molecule has 0 N–H and O–H groups in total. The van der Waals surface area contributed by atoms with Crippen molar-refractivity contribution in [2.45, 2.75) is 6.92 Å². The van der Waals surface area contributed by atoms with Crippen molar-refractivity contribution in [2.24, 2.45) is 4.99 Å². The van der Waals surface area contributed by atoms with Gasteiger partial charge < -0.3 is 9.15 Å². The zero-order valence-corrected chi connectivity index (χ0v) is 13.3. The second kappa shape index (κ2) is 6.15. The summed E-state index contributed by atoms with van der Waals surface area (Å²) < 4.78 is 11.0. The number of halogens is 1. The molecule has 22 heavy (non-hydrogen) atoms. The van der Waals surface area contributed by atoms with Gasteiger partial charge in [-0.15, -0.1) is 0 Å². The topological polar surface area (TPSA) is 51.8 Å². The molecule has 4 nitrogen and oxygen atoms in total. The van der Waals surface area contributed by atoms with Crippen LogP contribution in [-0.4, -0.2) is 11.9 Å². The summed E-state index contributed by atoms with van der Waals surface area (Å²) in [6.45, 7) is 1.91. The van der Waals surface area contributed by atoms with Crippen molar-refractivity contribution in [2.75, 3.05) is 0 Å². The zero-order chi connectivity index (χ0) is 15.5. The maximum Gasteiger partial charge on any atom is 0.363 e. The molecule has 0 radical (unpaired) electrons. The first kappa shape index (κ1) is 14.5. The van der Waals surface area contributed by atoms with Crippen molar-refractivity contribution in [3.05, 3.63) is 75.8 Å². The summed E-state index contributed by atoms with van der Waals surface area (Å²) in [5, 5.41) is 0. The molecule has 0 fully saturated rings. The number of hydrogen-bond donors (Lipinski definition) is 0. The van der Waals surface area contributed by atoms with Crippen LogP contribution in [0, 0.1) is 0 Å². The molecule has 3 rings (SSSR count). The lowest BCUT2D eigenvalue weighted by Gasteiger charge is -1.95. The van der Waals surface area contributed by atoms with Crippen molar-refractivity contribution in [1.29, 1.82) is 0 Å². The van der Waals surface area contributed by atoms with Crippen molar-refractivity contribution in [1.82, 2.24) is 0 Å². The first-order valence-electron chi connectivity index (χ1n) is 6.63. The highest BCUT2D eigenvalue weighted by atomic mass is 79.9. The first-order chi connectivity index (χ1) is 10.6. The molecule has 0 bridgehead atoms. The van der Waals surface area contributed by atoms with Crippen LogP contribution in [0.25, 0.3) is 6.08 Å². The van der Waals surface area contributed by atoms with Gasteiger partial charge in [0.1, 0.15) is 0 Å². The maximum absolute atomic E-state index is 11.9. The van der Waals surface area contributed by atoms with E-state index in [1.165, 1.54) is 0 Å². The van der Waals surface area contributed by atoms with Crippen LogP contribution in [0.5, 0.6) is 0 Å². The summed E-state index contributed by atoms with van der Waals surface area (Å²) in [5.74, 6) is 0.103. The Morgan fingerprint density at radius 1 is 1.18 bits per heavy atom. The Bertz CT molecular complexity index is 800. The standard InChI is InChI=1S/C17H12BrNO3/c1-11(9-12-5-3-2-4-6-12)10-13-17(20)22-16(19-13)14-7-8-15(18)21-14/h2-10H,1H3/b11-9+,13-10-. The van der Waals surface area contributed by atoms with Crippen molar-refractivity contribution < 1.29 is 13.9 Å². The Labute approximate surface area is 135 Å². The van der Waals surface area contributed by atoms with Gasteiger partial charge in [0.05, 0.1) is 0 Å². The van der Waals surface area contributed by atoms with Gasteiger partial charge in [0.25, 0.3) is 5.90 Å². The van der Waals surface area contributed by atoms with Gasteiger partial charge >= 0.3 is 5.97 Å². The number of cyclic esters (lactones) is 1. The van der Waals surface area contributed by atoms with Crippen LogP contribution in [0.15, 0.2) is 73.9 Å². The molecule has 110 valence electrons. The van der Waals surface area contributed by atoms with Crippen molar-refractivity contribution in [3.63, 3.8) is 0 Å². The van der Waals surface area contributed by atoms with Gasteiger partial charge in [-0.25, -0.2) is 9.79 Å². The molecule has 0 unspecified atom stereocenters. The number of furan rings is 1. The number of ether oxygens (including phenoxy) is 1. The van der Waals surface area contributed by atoms with E-state index in [1.807, 2.05) is 43.3 Å². The molecule has 0 atom stereocenters. The third-order valence-corrected chi connectivity index (χ3v) is 3.39. The molecule has 0 amide bonds. The normalized spacial score (nSPS) is 16.8. The number of esters is 1. The number of rotatable bonds is 3. The smallest absolute Gasteiger partial charge is 0.363 e. The average molecular weight is 358 g/mol. The summed E-state index contributed by atoms with van der Waals surface area (Å²) in [5.41, 5.74) is 2.22. The van der Waals surface area contributed by atoms with E-state index in [0.29, 0.717) is 10.4 Å². The zero-order valence-electron chi connectivity index (χ0n) is 11.7. The lowest BCUT2D eigenvalue weighted by molar-refractivity contribution is -0.130. The van der Waals surface area contributed by atoms with Crippen LogP contribution in [0.4, 0.5) is 0 Å². The summed E-state index contributed by atoms with van der Waals surface area (Å²) in [4.78, 5) is 16.1. The molecule has 5 heteroatoms. The largest absolute Gasteiger partial charge is 0.444 e. The predicted molar refractivity (Wildman–Crippen MR) is 87.2 cm³/mol. The molecule has 0 aliphatic carbocycles. The minimum Gasteiger partial charge on any atom is -0.444 e. The van der Waals surface area contributed by atoms with Gasteiger partial charge in [-0.05, 0) is 52.2 Å². The van der Waals surface area contributed by atoms with Gasteiger partial charge in [-0.3, -0.25) is 0 Å². The van der Waals surface area contributed by atoms with E-state index in [0.717, 1.165) is 11.1 Å². The van der Waals surface area contributed by atoms with Crippen LogP contribution in [0.2, 0.25) is 0 Å². The number of nitrogens with zero attached hydrogens (tertiary/aromatic N) is 1. The first-order valence-corrected chi connectivity index (χ1v) is 7.43. The third kappa shape index (κ3) is 3.26. The lowest BCUT2D eigenvalue weighted by Crippen LogP contribution is -2.04. The lowest BCUT2D eigenvalue weighted by atomic mass is 10.1. The minimum atomic E-state index is -0.483. The second-order valence-corrected chi connectivity index (χ2v) is 5.52. The highest BCUT2D eigenvalue weighted by Crippen LogP contribution is 2.22. The van der Waals surface area contributed by atoms with Gasteiger partial charge in [0.2, 0.25) is 0 Å². The fourth-order valence-corrected chi connectivity index (χ4v) is 2.32. The molecule has 0 saturated heterocycles. The number of carbonyl (C=O) groups is 1. The van der Waals surface area contributed by atoms with E-state index >= 15 is 0 Å². The highest BCUT2D eigenvalue weighted by Gasteiger charge is 2.26. The number of aliphatic imine (C=N–C) groups is 1.